The van der Waals surface area contributed by atoms with E-state index in [0.717, 1.165) is 15.6 Å². The van der Waals surface area contributed by atoms with Crippen molar-refractivity contribution < 1.29 is 23.1 Å². The van der Waals surface area contributed by atoms with E-state index in [4.69, 9.17) is 23.2 Å². The number of benzene rings is 2. The van der Waals surface area contributed by atoms with Crippen molar-refractivity contribution in [1.82, 2.24) is 15.5 Å². The van der Waals surface area contributed by atoms with E-state index in [9.17, 15) is 23.1 Å². The molecule has 1 saturated heterocycles. The van der Waals surface area contributed by atoms with Crippen LogP contribution in [0.1, 0.15) is 12.5 Å². The molecule has 3 aromatic rings. The van der Waals surface area contributed by atoms with E-state index in [1.807, 2.05) is 4.90 Å². The number of rotatable bonds is 7. The molecule has 2 N–H and O–H groups in total. The fraction of sp³-hybridized carbons (Fsp3) is 0.250. The van der Waals surface area contributed by atoms with Crippen molar-refractivity contribution in [3.05, 3.63) is 64.1 Å². The molecule has 2 aliphatic rings. The van der Waals surface area contributed by atoms with Crippen molar-refractivity contribution in [3.63, 3.8) is 0 Å². The number of anilines is 4. The van der Waals surface area contributed by atoms with E-state index >= 15 is 0 Å². The molecule has 0 saturated carbocycles. The second-order valence-electron chi connectivity index (χ2n) is 8.77. The highest BCUT2D eigenvalue weighted by Crippen LogP contribution is 2.38. The molecule has 2 aromatic carbocycles. The Morgan fingerprint density at radius 1 is 1.03 bits per heavy atom. The van der Waals surface area contributed by atoms with E-state index in [0.29, 0.717) is 37.7 Å². The molecule has 2 aliphatic heterocycles. The third-order valence-electron chi connectivity index (χ3n) is 6.36. The first-order valence-electron chi connectivity index (χ1n) is 11.6. The van der Waals surface area contributed by atoms with Gasteiger partial charge in [-0.1, -0.05) is 23.2 Å². The van der Waals surface area contributed by atoms with Gasteiger partial charge in [-0.15, -0.1) is 10.2 Å². The number of sulfonamides is 1. The van der Waals surface area contributed by atoms with Crippen LogP contribution in [0.3, 0.4) is 0 Å². The van der Waals surface area contributed by atoms with Crippen LogP contribution in [0.15, 0.2) is 53.4 Å². The second-order valence-corrected chi connectivity index (χ2v) is 11.5. The molecular formula is C24H22Cl2N6O5S. The summed E-state index contributed by atoms with van der Waals surface area (Å²) in [7, 11) is -4.33. The number of amides is 2. The lowest BCUT2D eigenvalue weighted by Crippen LogP contribution is -2.43. The zero-order valence-electron chi connectivity index (χ0n) is 20.0. The van der Waals surface area contributed by atoms with Crippen molar-refractivity contribution in [2.75, 3.05) is 33.7 Å². The molecule has 0 aliphatic carbocycles. The highest BCUT2D eigenvalue weighted by molar-refractivity contribution is 7.93. The van der Waals surface area contributed by atoms with Crippen LogP contribution >= 0.6 is 23.2 Å². The Bertz CT molecular complexity index is 1520. The van der Waals surface area contributed by atoms with E-state index in [1.54, 1.807) is 30.3 Å². The van der Waals surface area contributed by atoms with Crippen LogP contribution in [-0.2, 0) is 21.2 Å². The number of hydrogen-bond donors (Lipinski definition) is 2. The van der Waals surface area contributed by atoms with Gasteiger partial charge in [0.25, 0.3) is 10.0 Å². The molecule has 5 rings (SSSR count). The van der Waals surface area contributed by atoms with Crippen molar-refractivity contribution in [3.8, 4) is 0 Å². The minimum Gasteiger partial charge on any atom is -0.480 e. The number of carboxylic acids is 1. The fourth-order valence-electron chi connectivity index (χ4n) is 4.52. The number of aromatic nitrogens is 2. The predicted octanol–water partition coefficient (Wildman–Crippen LogP) is 3.68. The maximum Gasteiger partial charge on any atom is 0.327 e. The molecule has 0 spiro atoms. The van der Waals surface area contributed by atoms with Crippen LogP contribution in [0, 0.1) is 0 Å². The normalized spacial score (nSPS) is 15.8. The molecule has 38 heavy (non-hydrogen) atoms. The summed E-state index contributed by atoms with van der Waals surface area (Å²) >= 11 is 12.1. The van der Waals surface area contributed by atoms with Crippen LogP contribution in [0.25, 0.3) is 0 Å². The highest BCUT2D eigenvalue weighted by atomic mass is 35.5. The van der Waals surface area contributed by atoms with Crippen molar-refractivity contribution >= 4 is 68.2 Å². The van der Waals surface area contributed by atoms with E-state index < -0.39 is 22.0 Å². The number of aliphatic carboxylic acids is 1. The van der Waals surface area contributed by atoms with Gasteiger partial charge in [-0.05, 0) is 67.4 Å². The number of fused-ring (bicyclic) bond motifs is 1. The summed E-state index contributed by atoms with van der Waals surface area (Å²) in [4.78, 5) is 27.0. The molecule has 14 heteroatoms. The number of carbonyl (C=O) groups excluding carboxylic acids is 1. The van der Waals surface area contributed by atoms with Gasteiger partial charge in [0, 0.05) is 35.4 Å². The Morgan fingerprint density at radius 3 is 2.26 bits per heavy atom. The Morgan fingerprint density at radius 2 is 1.68 bits per heavy atom. The standard InChI is InChI=1S/C24H22Cl2N6O5S/c1-14(23(33)34)32(38(36,37)19-12-16(25)11-17(26)13-19)18-2-3-20-15(10-18)6-8-30(20)21-4-5-22(29-28-21)31-9-7-27-24(31)35/h2-5,10-14H,6-9H2,1H3,(H,27,35)(H,33,34). The molecule has 2 amide bonds. The van der Waals surface area contributed by atoms with Crippen molar-refractivity contribution in [1.29, 1.82) is 0 Å². The number of urea groups is 1. The quantitative estimate of drug-likeness (QED) is 0.434. The summed E-state index contributed by atoms with van der Waals surface area (Å²) in [5.74, 6) is -0.300. The van der Waals surface area contributed by atoms with Gasteiger partial charge in [-0.25, -0.2) is 18.0 Å². The van der Waals surface area contributed by atoms with E-state index in [-0.39, 0.29) is 26.7 Å². The average molecular weight is 577 g/mol. The summed E-state index contributed by atoms with van der Waals surface area (Å²) in [5, 5.41) is 21.2. The molecule has 1 atom stereocenters. The monoisotopic (exact) mass is 576 g/mol. The summed E-state index contributed by atoms with van der Waals surface area (Å²) in [6.07, 6.45) is 0.569. The SMILES string of the molecule is CC(C(=O)O)N(c1ccc2c(c1)CCN2c1ccc(N2CCNC2=O)nn1)S(=O)(=O)c1cc(Cl)cc(Cl)c1. The Hall–Kier alpha value is -3.61. The number of carboxylic acid groups (broad SMARTS) is 1. The zero-order chi connectivity index (χ0) is 27.2. The number of halogens is 2. The fourth-order valence-corrected chi connectivity index (χ4v) is 6.85. The molecule has 1 fully saturated rings. The zero-order valence-corrected chi connectivity index (χ0v) is 22.3. The highest BCUT2D eigenvalue weighted by Gasteiger charge is 2.35. The molecule has 11 nitrogen and oxygen atoms in total. The molecule has 198 valence electrons. The summed E-state index contributed by atoms with van der Waals surface area (Å²) < 4.78 is 28.1. The Balaban J connectivity index is 1.48. The first kappa shape index (κ1) is 26.0. The first-order chi connectivity index (χ1) is 18.1. The van der Waals surface area contributed by atoms with Gasteiger partial charge in [-0.2, -0.15) is 0 Å². The lowest BCUT2D eigenvalue weighted by atomic mass is 10.1. The van der Waals surface area contributed by atoms with Crippen LogP contribution in [0.4, 0.5) is 27.8 Å². The summed E-state index contributed by atoms with van der Waals surface area (Å²) in [6.45, 7) is 2.91. The molecule has 1 aromatic heterocycles. The molecule has 0 bridgehead atoms. The van der Waals surface area contributed by atoms with Gasteiger partial charge in [0.05, 0.1) is 10.6 Å². The van der Waals surface area contributed by atoms with Crippen molar-refractivity contribution in [2.24, 2.45) is 0 Å². The van der Waals surface area contributed by atoms with Gasteiger partial charge in [-0.3, -0.25) is 9.21 Å². The number of nitrogens with one attached hydrogen (secondary N) is 1. The topological polar surface area (TPSA) is 136 Å². The van der Waals surface area contributed by atoms with Crippen LogP contribution in [0.5, 0.6) is 0 Å². The lowest BCUT2D eigenvalue weighted by Gasteiger charge is -2.29. The van der Waals surface area contributed by atoms with Gasteiger partial charge in [0.2, 0.25) is 0 Å². The molecule has 0 radical (unpaired) electrons. The van der Waals surface area contributed by atoms with Gasteiger partial charge >= 0.3 is 12.0 Å². The molecule has 1 unspecified atom stereocenters. The van der Waals surface area contributed by atoms with Gasteiger partial charge in [0.15, 0.2) is 11.6 Å². The number of nitrogens with zero attached hydrogens (tertiary/aromatic N) is 5. The smallest absolute Gasteiger partial charge is 0.327 e. The third-order valence-corrected chi connectivity index (χ3v) is 8.67. The number of hydrogen-bond acceptors (Lipinski definition) is 7. The molecule has 3 heterocycles. The van der Waals surface area contributed by atoms with Crippen molar-refractivity contribution in [2.45, 2.75) is 24.3 Å². The summed E-state index contributed by atoms with van der Waals surface area (Å²) in [6, 6.07) is 10.7. The van der Waals surface area contributed by atoms with Gasteiger partial charge in [0.1, 0.15) is 6.04 Å². The minimum atomic E-state index is -4.33. The first-order valence-corrected chi connectivity index (χ1v) is 13.8. The average Bonchev–Trinajstić information content (AvgIpc) is 3.49. The van der Waals surface area contributed by atoms with E-state index in [2.05, 4.69) is 15.5 Å². The molecular weight excluding hydrogens is 555 g/mol. The summed E-state index contributed by atoms with van der Waals surface area (Å²) in [5.41, 5.74) is 1.80. The van der Waals surface area contributed by atoms with Crippen LogP contribution in [0.2, 0.25) is 10.0 Å². The maximum atomic E-state index is 13.6. The van der Waals surface area contributed by atoms with Crippen LogP contribution < -0.4 is 19.4 Å². The third kappa shape index (κ3) is 4.70. The predicted molar refractivity (Wildman–Crippen MR) is 143 cm³/mol. The number of carbonyl (C=O) groups is 2. The Kier molecular flexibility index (Phi) is 6.80. The van der Waals surface area contributed by atoms with E-state index in [1.165, 1.54) is 30.0 Å². The minimum absolute atomic E-state index is 0.112. The Labute approximate surface area is 228 Å². The lowest BCUT2D eigenvalue weighted by molar-refractivity contribution is -0.137. The largest absolute Gasteiger partial charge is 0.480 e. The second kappa shape index (κ2) is 9.93. The van der Waals surface area contributed by atoms with Gasteiger partial charge < -0.3 is 15.3 Å². The van der Waals surface area contributed by atoms with Crippen LogP contribution in [-0.4, -0.2) is 61.4 Å². The maximum absolute atomic E-state index is 13.6.